The van der Waals surface area contributed by atoms with Gasteiger partial charge in [0.05, 0.1) is 0 Å². The second-order valence-electron chi connectivity index (χ2n) is 24.0. The molecular weight excluding hydrogens is 1110 g/mol. The molecule has 0 amide bonds. The Labute approximate surface area is 593 Å². The summed E-state index contributed by atoms with van der Waals surface area (Å²) in [5.41, 5.74) is 18.8. The van der Waals surface area contributed by atoms with Crippen LogP contribution in [-0.2, 0) is 48.0 Å². The highest BCUT2D eigenvalue weighted by molar-refractivity contribution is 5.66. The minimum Gasteiger partial charge on any atom is -0.201 e. The molecule has 0 aliphatic heterocycles. The van der Waals surface area contributed by atoms with Crippen LogP contribution in [0.4, 0.5) is 0 Å². The lowest BCUT2D eigenvalue weighted by Crippen LogP contribution is -2.35. The molecule has 0 aliphatic carbocycles. The number of hydrogen-bond donors (Lipinski definition) is 0. The zero-order chi connectivity index (χ0) is 89.2. The first-order valence-electron chi connectivity index (χ1n) is 43.7. The molecule has 5 nitrogen and oxygen atoms in total. The van der Waals surface area contributed by atoms with Gasteiger partial charge in [0.2, 0.25) is 28.5 Å². The summed E-state index contributed by atoms with van der Waals surface area (Å²) in [6.45, 7) is 9.68. The molecule has 92 heavy (non-hydrogen) atoms. The first-order chi connectivity index (χ1) is 53.2. The van der Waals surface area contributed by atoms with Gasteiger partial charge in [-0.15, -0.1) is 0 Å². The lowest BCUT2D eigenvalue weighted by molar-refractivity contribution is -0.667. The Balaban J connectivity index is 0.000000227. The van der Waals surface area contributed by atoms with E-state index in [1.165, 1.54) is 50.8 Å². The molecule has 0 saturated heterocycles. The molecule has 0 N–H and O–H groups in total. The number of rotatable bonds is 12. The predicted octanol–water partition coefficient (Wildman–Crippen LogP) is 20.1. The van der Waals surface area contributed by atoms with E-state index < -0.39 is 77.0 Å². The maximum atomic E-state index is 8.51. The highest BCUT2D eigenvalue weighted by Gasteiger charge is 2.23. The van der Waals surface area contributed by atoms with Crippen LogP contribution in [0.1, 0.15) is 230 Å². The van der Waals surface area contributed by atoms with Crippen molar-refractivity contribution in [2.75, 3.05) is 0 Å². The van der Waals surface area contributed by atoms with Crippen LogP contribution in [0.25, 0.3) is 56.3 Å². The van der Waals surface area contributed by atoms with Crippen molar-refractivity contribution in [1.29, 1.82) is 0 Å². The molecule has 0 radical (unpaired) electrons. The molecule has 482 valence electrons. The standard InChI is InChI=1S/C19H26N.2C18H24N.C17H22N.C15H18N/c1-13(2)17-11-19(16-10-8-7-9-15(16)5)20(6)12-18(17)14(3)4;2*1-6-15-12-19(5)18(11-17(15)13(2)3)16-10-8-7-9-14(16)4;1-12(2)15-10-14(4)17(18(5)11-15)16-9-7-6-8-13(16)3;1-11-9-10-15(16(4)13(11)3)14-8-6-5-7-12(14)2/h7-14H,1-6H3;2*7-13H,6H2,1-5H3;6-12H,1-5H3;5-10H,1-4H3/q5*+1/i3D3,13D,14D;2D3,6D2,13D;2D3,13D;1D3,12D;1D3,3D3. The topological polar surface area (TPSA) is 19.4 Å². The minimum absolute atomic E-state index is 0.132. The van der Waals surface area contributed by atoms with Gasteiger partial charge < -0.3 is 0 Å². The minimum atomic E-state index is -2.57. The van der Waals surface area contributed by atoms with E-state index in [-0.39, 0.29) is 22.4 Å². The van der Waals surface area contributed by atoms with Crippen LogP contribution in [0.3, 0.4) is 0 Å². The smallest absolute Gasteiger partial charge is 0.201 e. The summed E-state index contributed by atoms with van der Waals surface area (Å²) in [5.74, 6) is -7.99. The van der Waals surface area contributed by atoms with Gasteiger partial charge in [-0.05, 0) is 178 Å². The molecule has 0 bridgehead atoms. The van der Waals surface area contributed by atoms with Gasteiger partial charge in [-0.1, -0.05) is 174 Å². The summed E-state index contributed by atoms with van der Waals surface area (Å²) in [6.07, 6.45) is 5.96. The van der Waals surface area contributed by atoms with E-state index in [4.69, 9.17) is 34.3 Å². The van der Waals surface area contributed by atoms with Crippen molar-refractivity contribution in [1.82, 2.24) is 0 Å². The molecule has 4 unspecified atom stereocenters. The van der Waals surface area contributed by atoms with Crippen molar-refractivity contribution >= 4 is 0 Å². The average Bonchev–Trinajstić information content (AvgIpc) is 0.768. The summed E-state index contributed by atoms with van der Waals surface area (Å²) in [6, 6.07) is 49.7. The van der Waals surface area contributed by atoms with E-state index in [9.17, 15) is 0 Å². The molecule has 0 fully saturated rings. The first kappa shape index (κ1) is 44.4. The van der Waals surface area contributed by atoms with Gasteiger partial charge in [0, 0.05) is 127 Å². The van der Waals surface area contributed by atoms with E-state index in [1.54, 1.807) is 63.2 Å². The number of aromatic nitrogens is 5. The molecular formula is C87H114N5+5. The van der Waals surface area contributed by atoms with Crippen LogP contribution in [0.5, 0.6) is 0 Å². The SMILES string of the molecule is [2H]C(C)(C)c1cc(-c2ccccc2C)[n+](C)cc1C([2H])(C)C([2H])([2H])[2H].[2H]C([2H])(C)c1c[n+](C)c(-c2ccccc2C)cc1C([2H])(C)C([2H])([2H])[2H].[2H]C([2H])([2H])C([2H])(C)c1cc(-c2ccccc2C)[n+](C)cc1CC.[2H]C([2H])([2H])C([2H])(C)c1cc(C)c(-c2ccccc2C)[n+](C)c1.[2H]C([2H])([2H])c1ccc(-c2ccccc2C)[n+](C)c1C([2H])([2H])[2H]. The lowest BCUT2D eigenvalue weighted by atomic mass is 9.90. The van der Waals surface area contributed by atoms with Crippen molar-refractivity contribution in [3.05, 3.63) is 266 Å². The van der Waals surface area contributed by atoms with Gasteiger partial charge in [0.15, 0.2) is 30.5 Å². The highest BCUT2D eigenvalue weighted by Crippen LogP contribution is 2.32. The van der Waals surface area contributed by atoms with Crippen molar-refractivity contribution in [3.63, 3.8) is 0 Å². The fourth-order valence-corrected chi connectivity index (χ4v) is 11.4. The third-order valence-electron chi connectivity index (χ3n) is 16.6. The Hall–Kier alpha value is -8.15. The Morgan fingerprint density at radius 3 is 1.14 bits per heavy atom. The van der Waals surface area contributed by atoms with Crippen LogP contribution in [0.15, 0.2) is 183 Å². The maximum Gasteiger partial charge on any atom is 0.215 e. The van der Waals surface area contributed by atoms with E-state index in [2.05, 4.69) is 19.1 Å². The number of benzene rings is 5. The van der Waals surface area contributed by atoms with Gasteiger partial charge in [-0.3, -0.25) is 0 Å². The maximum absolute atomic E-state index is 8.51. The molecule has 0 saturated carbocycles. The van der Waals surface area contributed by atoms with Crippen molar-refractivity contribution in [3.8, 4) is 56.3 Å². The van der Waals surface area contributed by atoms with Crippen LogP contribution < -0.4 is 22.8 Å². The fraction of sp³-hybridized carbons (Fsp3) is 0.368. The summed E-state index contributed by atoms with van der Waals surface area (Å²) < 4.78 is 206. The van der Waals surface area contributed by atoms with Crippen LogP contribution in [0, 0.1) is 55.2 Å². The molecule has 5 aromatic carbocycles. The van der Waals surface area contributed by atoms with Crippen LogP contribution >= 0.6 is 0 Å². The second kappa shape index (κ2) is 33.4. The molecule has 5 heterocycles. The molecule has 5 aromatic heterocycles. The highest BCUT2D eigenvalue weighted by atomic mass is 15.0. The quantitative estimate of drug-likeness (QED) is 0.109. The zero-order valence-corrected chi connectivity index (χ0v) is 57.8. The van der Waals surface area contributed by atoms with Crippen molar-refractivity contribution < 1.29 is 57.1 Å². The van der Waals surface area contributed by atoms with E-state index in [0.717, 1.165) is 84.0 Å². The predicted molar refractivity (Wildman–Crippen MR) is 392 cm³/mol. The van der Waals surface area contributed by atoms with E-state index in [0.29, 0.717) is 34.4 Å². The van der Waals surface area contributed by atoms with Crippen molar-refractivity contribution in [2.24, 2.45) is 35.2 Å². The van der Waals surface area contributed by atoms with E-state index >= 15 is 0 Å². The summed E-state index contributed by atoms with van der Waals surface area (Å²) in [4.78, 5) is 0. The van der Waals surface area contributed by atoms with Crippen LogP contribution in [-0.4, -0.2) is 0 Å². The van der Waals surface area contributed by atoms with Crippen molar-refractivity contribution in [2.45, 2.75) is 180 Å². The number of pyridine rings is 5. The second-order valence-corrected chi connectivity index (χ2v) is 24.0. The zero-order valence-electron chi connectivity index (χ0n) is 82.8. The monoisotopic (exact) mass is 1250 g/mol. The van der Waals surface area contributed by atoms with Gasteiger partial charge >= 0.3 is 0 Å². The summed E-state index contributed by atoms with van der Waals surface area (Å²) >= 11 is 0. The Morgan fingerprint density at radius 2 is 0.750 bits per heavy atom. The number of hydrogen-bond acceptors (Lipinski definition) is 0. The average molecular weight is 1260 g/mol. The largest absolute Gasteiger partial charge is 0.215 e. The summed E-state index contributed by atoms with van der Waals surface area (Å²) in [7, 11) is 9.10. The molecule has 10 rings (SSSR count). The molecule has 0 aliphatic rings. The van der Waals surface area contributed by atoms with Gasteiger partial charge in [0.1, 0.15) is 35.2 Å². The van der Waals surface area contributed by atoms with Crippen LogP contribution in [0.2, 0.25) is 0 Å². The summed E-state index contributed by atoms with van der Waals surface area (Å²) in [5, 5.41) is 0. The Kier molecular flexibility index (Phi) is 16.1. The number of nitrogens with zero attached hydrogens (tertiary/aromatic N) is 5. The number of aryl methyl sites for hydroxylation is 13. The van der Waals surface area contributed by atoms with Gasteiger partial charge in [0.25, 0.3) is 0 Å². The molecule has 10 aromatic rings. The fourth-order valence-electron chi connectivity index (χ4n) is 11.4. The third kappa shape index (κ3) is 18.1. The third-order valence-corrected chi connectivity index (χ3v) is 16.6. The molecule has 5 heteroatoms. The van der Waals surface area contributed by atoms with Gasteiger partial charge in [-0.25, -0.2) is 18.3 Å². The molecule has 0 spiro atoms. The lowest BCUT2D eigenvalue weighted by Gasteiger charge is -2.16. The Morgan fingerprint density at radius 1 is 0.359 bits per heavy atom. The van der Waals surface area contributed by atoms with E-state index in [1.807, 2.05) is 210 Å². The van der Waals surface area contributed by atoms with Gasteiger partial charge in [-0.2, -0.15) is 4.57 Å². The first-order valence-corrected chi connectivity index (χ1v) is 31.2. The Bertz CT molecular complexity index is 5160. The normalized spacial score (nSPS) is 18.7. The molecule has 4 atom stereocenters.